The third-order valence-electron chi connectivity index (χ3n) is 2.73. The van der Waals surface area contributed by atoms with Crippen LogP contribution >= 0.6 is 0 Å². The van der Waals surface area contributed by atoms with Crippen LogP contribution < -0.4 is 4.74 Å². The predicted octanol–water partition coefficient (Wildman–Crippen LogP) is 2.17. The van der Waals surface area contributed by atoms with E-state index in [1.807, 2.05) is 0 Å². The number of ether oxygens (including phenoxy) is 1. The molecule has 0 aromatic heterocycles. The quantitative estimate of drug-likeness (QED) is 0.495. The van der Waals surface area contributed by atoms with Gasteiger partial charge in [-0.15, -0.1) is 0 Å². The van der Waals surface area contributed by atoms with Crippen molar-refractivity contribution in [2.75, 3.05) is 6.61 Å². The van der Waals surface area contributed by atoms with Crippen molar-refractivity contribution in [2.24, 2.45) is 0 Å². The van der Waals surface area contributed by atoms with Gasteiger partial charge in [0.1, 0.15) is 0 Å². The fourth-order valence-corrected chi connectivity index (χ4v) is 1.64. The van der Waals surface area contributed by atoms with Gasteiger partial charge in [-0.3, -0.25) is 9.59 Å². The topological polar surface area (TPSA) is 83.8 Å². The Morgan fingerprint density at radius 1 is 1.05 bits per heavy atom. The number of rotatable bonds is 5. The van der Waals surface area contributed by atoms with Crippen LogP contribution in [0.2, 0.25) is 0 Å². The van der Waals surface area contributed by atoms with Gasteiger partial charge in [0.2, 0.25) is 5.75 Å². The average Bonchev–Trinajstić information content (AvgIpc) is 2.49. The number of hydrogen-bond donors (Lipinski definition) is 2. The highest BCUT2D eigenvalue weighted by Gasteiger charge is 2.14. The molecular formula is C15H12O5. The first-order chi connectivity index (χ1) is 9.63. The Balaban J connectivity index is 2.10. The maximum absolute atomic E-state index is 11.8. The Morgan fingerprint density at radius 2 is 1.75 bits per heavy atom. The summed E-state index contributed by atoms with van der Waals surface area (Å²) in [7, 11) is 0. The molecule has 2 aromatic carbocycles. The summed E-state index contributed by atoms with van der Waals surface area (Å²) in [6.07, 6.45) is 0.411. The van der Waals surface area contributed by atoms with Crippen molar-refractivity contribution in [3.63, 3.8) is 0 Å². The second-order valence-electron chi connectivity index (χ2n) is 4.05. The molecule has 2 aromatic rings. The summed E-state index contributed by atoms with van der Waals surface area (Å²) < 4.78 is 5.16. The zero-order valence-corrected chi connectivity index (χ0v) is 10.4. The van der Waals surface area contributed by atoms with Gasteiger partial charge in [0.05, 0.1) is 5.56 Å². The highest BCUT2D eigenvalue weighted by Crippen LogP contribution is 2.37. The van der Waals surface area contributed by atoms with Crippen molar-refractivity contribution in [2.45, 2.75) is 0 Å². The van der Waals surface area contributed by atoms with Crippen LogP contribution in [-0.2, 0) is 0 Å². The molecule has 2 N–H and O–H groups in total. The molecule has 5 nitrogen and oxygen atoms in total. The molecule has 0 amide bonds. The van der Waals surface area contributed by atoms with E-state index >= 15 is 0 Å². The minimum atomic E-state index is -0.565. The standard InChI is InChI=1S/C15H12O5/c16-8-11-6-7-13(15(19)14(11)18)20-9-12(17)10-4-2-1-3-5-10/h1-8,18-19H,9H2. The van der Waals surface area contributed by atoms with Crippen LogP contribution in [0.3, 0.4) is 0 Å². The summed E-state index contributed by atoms with van der Waals surface area (Å²) in [6, 6.07) is 11.2. The van der Waals surface area contributed by atoms with E-state index < -0.39 is 11.5 Å². The Bertz CT molecular complexity index is 634. The third-order valence-corrected chi connectivity index (χ3v) is 2.73. The van der Waals surface area contributed by atoms with Gasteiger partial charge in [0, 0.05) is 5.56 Å². The first-order valence-corrected chi connectivity index (χ1v) is 5.84. The van der Waals surface area contributed by atoms with Crippen LogP contribution in [0.1, 0.15) is 20.7 Å². The largest absolute Gasteiger partial charge is 0.504 e. The first kappa shape index (κ1) is 13.6. The molecule has 0 radical (unpaired) electrons. The SMILES string of the molecule is O=Cc1ccc(OCC(=O)c2ccccc2)c(O)c1O. The lowest BCUT2D eigenvalue weighted by Crippen LogP contribution is -2.11. The van der Waals surface area contributed by atoms with Crippen molar-refractivity contribution in [3.8, 4) is 17.2 Å². The van der Waals surface area contributed by atoms with Crippen molar-refractivity contribution in [1.82, 2.24) is 0 Å². The number of hydrogen-bond acceptors (Lipinski definition) is 5. The number of aldehydes is 1. The lowest BCUT2D eigenvalue weighted by atomic mass is 10.1. The van der Waals surface area contributed by atoms with E-state index in [-0.39, 0.29) is 23.7 Å². The van der Waals surface area contributed by atoms with Gasteiger partial charge in [-0.25, -0.2) is 0 Å². The van der Waals surface area contributed by atoms with Crippen molar-refractivity contribution >= 4 is 12.1 Å². The van der Waals surface area contributed by atoms with E-state index in [1.54, 1.807) is 30.3 Å². The van der Waals surface area contributed by atoms with Gasteiger partial charge in [-0.1, -0.05) is 30.3 Å². The smallest absolute Gasteiger partial charge is 0.201 e. The summed E-state index contributed by atoms with van der Waals surface area (Å²) in [5.74, 6) is -1.44. The zero-order chi connectivity index (χ0) is 14.5. The van der Waals surface area contributed by atoms with Crippen LogP contribution in [-0.4, -0.2) is 28.9 Å². The van der Waals surface area contributed by atoms with E-state index in [0.29, 0.717) is 11.8 Å². The molecular weight excluding hydrogens is 260 g/mol. The Morgan fingerprint density at radius 3 is 2.40 bits per heavy atom. The van der Waals surface area contributed by atoms with Crippen molar-refractivity contribution in [1.29, 1.82) is 0 Å². The fourth-order valence-electron chi connectivity index (χ4n) is 1.64. The Kier molecular flexibility index (Phi) is 4.00. The Labute approximate surface area is 115 Å². The van der Waals surface area contributed by atoms with Crippen molar-refractivity contribution in [3.05, 3.63) is 53.6 Å². The van der Waals surface area contributed by atoms with Gasteiger partial charge in [-0.2, -0.15) is 0 Å². The minimum absolute atomic E-state index is 0.0516. The van der Waals surface area contributed by atoms with E-state index in [2.05, 4.69) is 0 Å². The molecule has 0 atom stereocenters. The van der Waals surface area contributed by atoms with Crippen molar-refractivity contribution < 1.29 is 24.5 Å². The Hall–Kier alpha value is -2.82. The first-order valence-electron chi connectivity index (χ1n) is 5.84. The number of aromatic hydroxyl groups is 2. The van der Waals surface area contributed by atoms with Gasteiger partial charge < -0.3 is 14.9 Å². The molecule has 0 spiro atoms. The van der Waals surface area contributed by atoms with Gasteiger partial charge in [-0.05, 0) is 12.1 Å². The molecule has 20 heavy (non-hydrogen) atoms. The van der Waals surface area contributed by atoms with Crippen LogP contribution in [0.5, 0.6) is 17.2 Å². The van der Waals surface area contributed by atoms with Crippen LogP contribution in [0.4, 0.5) is 0 Å². The van der Waals surface area contributed by atoms with Crippen LogP contribution in [0.25, 0.3) is 0 Å². The second kappa shape index (κ2) is 5.88. The molecule has 102 valence electrons. The highest BCUT2D eigenvalue weighted by molar-refractivity contribution is 5.97. The molecule has 0 saturated heterocycles. The predicted molar refractivity (Wildman–Crippen MR) is 71.4 cm³/mol. The summed E-state index contributed by atoms with van der Waals surface area (Å²) in [5.41, 5.74) is 0.435. The van der Waals surface area contributed by atoms with Gasteiger partial charge >= 0.3 is 0 Å². The minimum Gasteiger partial charge on any atom is -0.504 e. The van der Waals surface area contributed by atoms with E-state index in [4.69, 9.17) is 4.74 Å². The third kappa shape index (κ3) is 2.77. The number of ketones is 1. The number of benzene rings is 2. The molecule has 0 aliphatic carbocycles. The molecule has 5 heteroatoms. The summed E-state index contributed by atoms with van der Waals surface area (Å²) >= 11 is 0. The number of carbonyl (C=O) groups excluding carboxylic acids is 2. The molecule has 0 heterocycles. The van der Waals surface area contributed by atoms with E-state index in [0.717, 1.165) is 0 Å². The summed E-state index contributed by atoms with van der Waals surface area (Å²) in [5, 5.41) is 19.2. The monoisotopic (exact) mass is 272 g/mol. The van der Waals surface area contributed by atoms with Gasteiger partial charge in [0.15, 0.2) is 30.2 Å². The lowest BCUT2D eigenvalue weighted by Gasteiger charge is -2.09. The number of carbonyl (C=O) groups is 2. The molecule has 0 fully saturated rings. The lowest BCUT2D eigenvalue weighted by molar-refractivity contribution is 0.0918. The van der Waals surface area contributed by atoms with Crippen LogP contribution in [0.15, 0.2) is 42.5 Å². The molecule has 0 unspecified atom stereocenters. The maximum Gasteiger partial charge on any atom is 0.201 e. The number of phenols is 2. The molecule has 0 aliphatic heterocycles. The zero-order valence-electron chi connectivity index (χ0n) is 10.4. The summed E-state index contributed by atoms with van der Waals surface area (Å²) in [4.78, 5) is 22.4. The number of Topliss-reactive ketones (excluding diaryl/α,β-unsaturated/α-hetero) is 1. The van der Waals surface area contributed by atoms with E-state index in [1.165, 1.54) is 12.1 Å². The average molecular weight is 272 g/mol. The molecule has 0 saturated carbocycles. The maximum atomic E-state index is 11.8. The normalized spacial score (nSPS) is 10.0. The fraction of sp³-hybridized carbons (Fsp3) is 0.0667. The summed E-state index contributed by atoms with van der Waals surface area (Å²) in [6.45, 7) is -0.280. The second-order valence-corrected chi connectivity index (χ2v) is 4.05. The van der Waals surface area contributed by atoms with Crippen LogP contribution in [0, 0.1) is 0 Å². The molecule has 0 bridgehead atoms. The molecule has 2 rings (SSSR count). The van der Waals surface area contributed by atoms with E-state index in [9.17, 15) is 19.8 Å². The number of phenolic OH excluding ortho intramolecular Hbond substituents is 2. The highest BCUT2D eigenvalue weighted by atomic mass is 16.5. The van der Waals surface area contributed by atoms with Gasteiger partial charge in [0.25, 0.3) is 0 Å². The molecule has 0 aliphatic rings.